The smallest absolute Gasteiger partial charge is 0.406 e. The van der Waals surface area contributed by atoms with Gasteiger partial charge in [0.15, 0.2) is 0 Å². The number of hydrogen-bond donors (Lipinski definition) is 3. The highest BCUT2D eigenvalue weighted by molar-refractivity contribution is 5.72. The highest BCUT2D eigenvalue weighted by Crippen LogP contribution is 2.16. The molecule has 15 heteroatoms. The predicted octanol–water partition coefficient (Wildman–Crippen LogP) is -0.0369. The quantitative estimate of drug-likeness (QED) is 0.303. The van der Waals surface area contributed by atoms with E-state index in [4.69, 9.17) is 0 Å². The van der Waals surface area contributed by atoms with Crippen molar-refractivity contribution in [3.05, 3.63) is 0 Å². The summed E-state index contributed by atoms with van der Waals surface area (Å²) in [7, 11) is 13.7. The van der Waals surface area contributed by atoms with Gasteiger partial charge >= 0.3 is 30.0 Å². The molecule has 0 spiro atoms. The van der Waals surface area contributed by atoms with Crippen LogP contribution in [0, 0.1) is 5.92 Å². The number of alkyl carbamates (subject to hydrolysis) is 1. The molecule has 3 N–H and O–H groups in total. The summed E-state index contributed by atoms with van der Waals surface area (Å²) >= 11 is 0. The fraction of sp³-hybridized carbons (Fsp3) is 0.750. The molecule has 0 atom stereocenters. The van der Waals surface area contributed by atoms with Crippen LogP contribution < -0.4 is 16.0 Å². The van der Waals surface area contributed by atoms with Crippen molar-refractivity contribution in [2.75, 3.05) is 83.4 Å². The summed E-state index contributed by atoms with van der Waals surface area (Å²) in [6.07, 6.45) is 1.49. The number of ether oxygens (including phenoxy) is 5. The molecule has 1 fully saturated rings. The Morgan fingerprint density at radius 2 is 1.08 bits per heavy atom. The van der Waals surface area contributed by atoms with E-state index in [1.165, 1.54) is 63.4 Å². The Morgan fingerprint density at radius 3 is 1.23 bits per heavy atom. The zero-order chi connectivity index (χ0) is 31.8. The molecule has 1 heterocycles. The van der Waals surface area contributed by atoms with E-state index in [1.807, 2.05) is 0 Å². The molecule has 0 aromatic rings. The van der Waals surface area contributed by atoms with Gasteiger partial charge in [-0.3, -0.25) is 24.0 Å². The first kappa shape index (κ1) is 45.5. The summed E-state index contributed by atoms with van der Waals surface area (Å²) in [4.78, 5) is 62.1. The second-order valence-corrected chi connectivity index (χ2v) is 7.15. The number of rotatable bonds is 3. The van der Waals surface area contributed by atoms with Crippen molar-refractivity contribution < 1.29 is 52.5 Å². The van der Waals surface area contributed by atoms with Crippen LogP contribution in [-0.2, 0) is 47.7 Å². The van der Waals surface area contributed by atoms with E-state index in [0.29, 0.717) is 0 Å². The fourth-order valence-electron chi connectivity index (χ4n) is 1.73. The highest BCUT2D eigenvalue weighted by atomic mass is 16.5. The number of hydrogen-bond acceptors (Lipinski definition) is 13. The SMILES string of the molecule is CNC(=O)OC.CNC(C)=O.CNCC(=O)OC.COC(=O)C1CCN(C)CC1.COC(C)=O.COC(C)=O. The third kappa shape index (κ3) is 48.2. The second kappa shape index (κ2) is 34.5. The lowest BCUT2D eigenvalue weighted by Gasteiger charge is -2.26. The average molecular weight is 571 g/mol. The number of carbonyl (C=O) groups is 6. The van der Waals surface area contributed by atoms with Gasteiger partial charge < -0.3 is 44.5 Å². The van der Waals surface area contributed by atoms with Crippen LogP contribution in [0.3, 0.4) is 0 Å². The Hall–Kier alpha value is -3.46. The van der Waals surface area contributed by atoms with Crippen molar-refractivity contribution in [2.24, 2.45) is 5.92 Å². The summed E-state index contributed by atoms with van der Waals surface area (Å²) < 4.78 is 21.3. The molecule has 39 heavy (non-hydrogen) atoms. The lowest BCUT2D eigenvalue weighted by Crippen LogP contribution is -2.33. The van der Waals surface area contributed by atoms with E-state index in [-0.39, 0.29) is 42.2 Å². The van der Waals surface area contributed by atoms with Crippen LogP contribution in [0.4, 0.5) is 4.79 Å². The van der Waals surface area contributed by atoms with Crippen LogP contribution in [0.25, 0.3) is 0 Å². The van der Waals surface area contributed by atoms with E-state index in [1.54, 1.807) is 14.1 Å². The van der Waals surface area contributed by atoms with Crippen molar-refractivity contribution in [1.82, 2.24) is 20.9 Å². The molecule has 2 amide bonds. The first-order valence-electron chi connectivity index (χ1n) is 11.7. The van der Waals surface area contributed by atoms with Gasteiger partial charge in [-0.2, -0.15) is 0 Å². The largest absolute Gasteiger partial charge is 0.469 e. The van der Waals surface area contributed by atoms with Crippen molar-refractivity contribution in [3.8, 4) is 0 Å². The molecule has 1 aliphatic heterocycles. The van der Waals surface area contributed by atoms with Gasteiger partial charge in [-0.05, 0) is 40.0 Å². The number of methoxy groups -OCH3 is 5. The van der Waals surface area contributed by atoms with E-state index in [9.17, 15) is 28.8 Å². The number of esters is 4. The summed E-state index contributed by atoms with van der Waals surface area (Å²) in [5.41, 5.74) is 0. The standard InChI is InChI=1S/C8H15NO2.C4H9NO2.C3H7NO2.C3H7NO.2C3H6O2/c1-9-5-3-7(4-6-9)8(10)11-2;1-5-3-4(6)7-2;1-4-3(5)6-2;1-3(5)4-2;2*1-3(4)5-2/h7H,3-6H2,1-2H3;5H,3H2,1-2H3;1-2H3,(H,4,5);1-2H3,(H,4,5);2*1-2H3. The summed E-state index contributed by atoms with van der Waals surface area (Å²) in [6.45, 7) is 6.51. The van der Waals surface area contributed by atoms with Crippen LogP contribution in [0.5, 0.6) is 0 Å². The van der Waals surface area contributed by atoms with Crippen molar-refractivity contribution in [1.29, 1.82) is 0 Å². The third-order valence-electron chi connectivity index (χ3n) is 4.12. The van der Waals surface area contributed by atoms with Crippen molar-refractivity contribution in [3.63, 3.8) is 0 Å². The first-order valence-corrected chi connectivity index (χ1v) is 11.7. The molecule has 1 saturated heterocycles. The van der Waals surface area contributed by atoms with Gasteiger partial charge in [0, 0.05) is 34.9 Å². The number of nitrogens with one attached hydrogen (secondary N) is 3. The molecule has 1 aliphatic rings. The first-order chi connectivity index (χ1) is 18.2. The zero-order valence-electron chi connectivity index (χ0n) is 25.6. The summed E-state index contributed by atoms with van der Waals surface area (Å²) in [5, 5.41) is 7.29. The predicted molar refractivity (Wildman–Crippen MR) is 145 cm³/mol. The van der Waals surface area contributed by atoms with E-state index < -0.39 is 6.09 Å². The van der Waals surface area contributed by atoms with Crippen molar-refractivity contribution >= 4 is 35.9 Å². The Kier molecular flexibility index (Phi) is 40.3. The number of likely N-dealkylation sites (tertiary alicyclic amines) is 1. The molecule has 0 unspecified atom stereocenters. The van der Waals surface area contributed by atoms with Gasteiger partial charge in [0.1, 0.15) is 0 Å². The van der Waals surface area contributed by atoms with Crippen LogP contribution in [0.2, 0.25) is 0 Å². The molecule has 232 valence electrons. The topological polar surface area (TPSA) is 188 Å². The maximum atomic E-state index is 11.0. The molecule has 0 aromatic carbocycles. The fourth-order valence-corrected chi connectivity index (χ4v) is 1.73. The molecule has 0 bridgehead atoms. The third-order valence-corrected chi connectivity index (χ3v) is 4.12. The van der Waals surface area contributed by atoms with Gasteiger partial charge in [0.25, 0.3) is 0 Å². The number of piperidine rings is 1. The minimum absolute atomic E-state index is 0.00463. The molecule has 0 aliphatic carbocycles. The molecular weight excluding hydrogens is 520 g/mol. The normalized spacial score (nSPS) is 11.3. The Balaban J connectivity index is -0.000000123. The van der Waals surface area contributed by atoms with Gasteiger partial charge in [0.2, 0.25) is 5.91 Å². The molecule has 0 aromatic heterocycles. The lowest BCUT2D eigenvalue weighted by atomic mass is 9.98. The summed E-state index contributed by atoms with van der Waals surface area (Å²) in [6, 6.07) is 0. The van der Waals surface area contributed by atoms with E-state index >= 15 is 0 Å². The number of likely N-dealkylation sites (N-methyl/N-ethyl adjacent to an activating group) is 1. The zero-order valence-corrected chi connectivity index (χ0v) is 25.6. The number of nitrogens with zero attached hydrogens (tertiary/aromatic N) is 1. The average Bonchev–Trinajstić information content (AvgIpc) is 2.94. The van der Waals surface area contributed by atoms with Crippen LogP contribution in [0.1, 0.15) is 33.6 Å². The Morgan fingerprint density at radius 1 is 0.692 bits per heavy atom. The van der Waals surface area contributed by atoms with E-state index in [0.717, 1.165) is 25.9 Å². The Bertz CT molecular complexity index is 615. The minimum atomic E-state index is -0.407. The molecule has 0 saturated carbocycles. The Labute approximate surface area is 232 Å². The molecule has 15 nitrogen and oxygen atoms in total. The van der Waals surface area contributed by atoms with Gasteiger partial charge in [-0.15, -0.1) is 0 Å². The second-order valence-electron chi connectivity index (χ2n) is 7.15. The minimum Gasteiger partial charge on any atom is -0.469 e. The van der Waals surface area contributed by atoms with Gasteiger partial charge in [-0.25, -0.2) is 4.79 Å². The van der Waals surface area contributed by atoms with E-state index in [2.05, 4.69) is 51.6 Å². The summed E-state index contributed by atoms with van der Waals surface area (Å²) in [5.74, 6) is -0.614. The number of carbonyl (C=O) groups excluding carboxylic acids is 6. The van der Waals surface area contributed by atoms with Crippen molar-refractivity contribution in [2.45, 2.75) is 33.6 Å². The number of amides is 2. The van der Waals surface area contributed by atoms with Crippen LogP contribution >= 0.6 is 0 Å². The lowest BCUT2D eigenvalue weighted by molar-refractivity contribution is -0.147. The van der Waals surface area contributed by atoms with Gasteiger partial charge in [0.05, 0.1) is 48.0 Å². The van der Waals surface area contributed by atoms with Crippen LogP contribution in [-0.4, -0.2) is 124 Å². The molecule has 0 radical (unpaired) electrons. The molecule has 1 rings (SSSR count). The monoisotopic (exact) mass is 570 g/mol. The van der Waals surface area contributed by atoms with Crippen LogP contribution in [0.15, 0.2) is 0 Å². The van der Waals surface area contributed by atoms with Gasteiger partial charge in [-0.1, -0.05) is 0 Å². The maximum Gasteiger partial charge on any atom is 0.406 e. The highest BCUT2D eigenvalue weighted by Gasteiger charge is 2.23. The molecular formula is C24H50N4O11. The maximum absolute atomic E-state index is 11.0.